The normalized spacial score (nSPS) is 17.8. The molecule has 6 heteroatoms. The van der Waals surface area contributed by atoms with Crippen molar-refractivity contribution >= 4 is 5.96 Å². The average molecular weight is 384 g/mol. The van der Waals surface area contributed by atoms with Gasteiger partial charge in [0.2, 0.25) is 0 Å². The fourth-order valence-corrected chi connectivity index (χ4v) is 3.45. The van der Waals surface area contributed by atoms with Gasteiger partial charge in [0.15, 0.2) is 5.96 Å². The zero-order valence-electron chi connectivity index (χ0n) is 16.6. The molecule has 28 heavy (non-hydrogen) atoms. The van der Waals surface area contributed by atoms with Crippen LogP contribution >= 0.6 is 0 Å². The summed E-state index contributed by atoms with van der Waals surface area (Å²) in [6.07, 6.45) is 0. The van der Waals surface area contributed by atoms with Gasteiger partial charge < -0.3 is 15.4 Å². The Morgan fingerprint density at radius 2 is 1.75 bits per heavy atom. The van der Waals surface area contributed by atoms with Crippen molar-refractivity contribution in [2.45, 2.75) is 19.0 Å². The third kappa shape index (κ3) is 5.53. The summed E-state index contributed by atoms with van der Waals surface area (Å²) < 4.78 is 18.9. The maximum Gasteiger partial charge on any atom is 0.191 e. The van der Waals surface area contributed by atoms with Gasteiger partial charge in [-0.3, -0.25) is 9.89 Å². The summed E-state index contributed by atoms with van der Waals surface area (Å²) in [6, 6.07) is 17.3. The Balaban J connectivity index is 1.66. The predicted octanol–water partition coefficient (Wildman–Crippen LogP) is 3.13. The maximum absolute atomic E-state index is 13.4. The second kappa shape index (κ2) is 10.2. The molecule has 2 aromatic rings. The summed E-state index contributed by atoms with van der Waals surface area (Å²) in [4.78, 5) is 6.74. The van der Waals surface area contributed by atoms with Crippen LogP contribution in [0.1, 0.15) is 30.1 Å². The third-order valence-corrected chi connectivity index (χ3v) is 5.08. The van der Waals surface area contributed by atoms with E-state index in [1.165, 1.54) is 17.7 Å². The molecule has 0 radical (unpaired) electrons. The molecule has 0 bridgehead atoms. The molecule has 0 aromatic heterocycles. The van der Waals surface area contributed by atoms with Crippen molar-refractivity contribution in [2.75, 3.05) is 39.9 Å². The lowest BCUT2D eigenvalue weighted by Gasteiger charge is -2.35. The molecule has 1 aliphatic heterocycles. The highest BCUT2D eigenvalue weighted by molar-refractivity contribution is 5.80. The van der Waals surface area contributed by atoms with Crippen LogP contribution in [-0.2, 0) is 4.74 Å². The van der Waals surface area contributed by atoms with E-state index in [9.17, 15) is 4.39 Å². The molecule has 1 aliphatic rings. The molecule has 2 atom stereocenters. The van der Waals surface area contributed by atoms with E-state index in [2.05, 4.69) is 39.6 Å². The minimum atomic E-state index is -0.216. The Morgan fingerprint density at radius 3 is 2.39 bits per heavy atom. The Labute approximate surface area is 166 Å². The molecule has 0 saturated carbocycles. The standard InChI is InChI=1S/C22H29FN4O/c1-17(18-6-4-3-5-7-18)26-22(24-2)25-16-21(27-12-14-28-15-13-27)19-8-10-20(23)11-9-19/h3-11,17,21H,12-16H2,1-2H3,(H2,24,25,26). The number of halogens is 1. The molecule has 1 heterocycles. The van der Waals surface area contributed by atoms with Crippen LogP contribution in [-0.4, -0.2) is 50.8 Å². The molecule has 0 amide bonds. The van der Waals surface area contributed by atoms with E-state index in [4.69, 9.17) is 4.74 Å². The van der Waals surface area contributed by atoms with Gasteiger partial charge in [0.1, 0.15) is 5.82 Å². The summed E-state index contributed by atoms with van der Waals surface area (Å²) in [5.41, 5.74) is 2.29. The van der Waals surface area contributed by atoms with Crippen molar-refractivity contribution in [1.82, 2.24) is 15.5 Å². The Morgan fingerprint density at radius 1 is 1.07 bits per heavy atom. The van der Waals surface area contributed by atoms with Gasteiger partial charge in [-0.2, -0.15) is 0 Å². The van der Waals surface area contributed by atoms with Crippen molar-refractivity contribution in [3.8, 4) is 0 Å². The highest BCUT2D eigenvalue weighted by atomic mass is 19.1. The van der Waals surface area contributed by atoms with Gasteiger partial charge in [0.05, 0.1) is 25.3 Å². The van der Waals surface area contributed by atoms with E-state index >= 15 is 0 Å². The second-order valence-electron chi connectivity index (χ2n) is 6.95. The number of nitrogens with zero attached hydrogens (tertiary/aromatic N) is 2. The number of hydrogen-bond acceptors (Lipinski definition) is 3. The van der Waals surface area contributed by atoms with Gasteiger partial charge in [-0.15, -0.1) is 0 Å². The molecule has 1 saturated heterocycles. The number of ether oxygens (including phenoxy) is 1. The van der Waals surface area contributed by atoms with E-state index in [0.29, 0.717) is 6.54 Å². The molecule has 1 fully saturated rings. The number of nitrogens with one attached hydrogen (secondary N) is 2. The first kappa shape index (κ1) is 20.3. The molecule has 2 unspecified atom stereocenters. The summed E-state index contributed by atoms with van der Waals surface area (Å²) in [7, 11) is 1.77. The molecule has 5 nitrogen and oxygen atoms in total. The van der Waals surface area contributed by atoms with Crippen LogP contribution in [0.15, 0.2) is 59.6 Å². The van der Waals surface area contributed by atoms with Gasteiger partial charge >= 0.3 is 0 Å². The van der Waals surface area contributed by atoms with Crippen molar-refractivity contribution < 1.29 is 9.13 Å². The molecule has 2 N–H and O–H groups in total. The summed E-state index contributed by atoms with van der Waals surface area (Å²) in [5.74, 6) is 0.531. The van der Waals surface area contributed by atoms with Crippen LogP contribution in [0.2, 0.25) is 0 Å². The van der Waals surface area contributed by atoms with Crippen molar-refractivity contribution in [1.29, 1.82) is 0 Å². The van der Waals surface area contributed by atoms with E-state index in [-0.39, 0.29) is 17.9 Å². The van der Waals surface area contributed by atoms with Gasteiger partial charge in [0.25, 0.3) is 0 Å². The van der Waals surface area contributed by atoms with E-state index in [0.717, 1.165) is 37.8 Å². The summed E-state index contributed by atoms with van der Waals surface area (Å²) >= 11 is 0. The van der Waals surface area contributed by atoms with E-state index < -0.39 is 0 Å². The zero-order chi connectivity index (χ0) is 19.8. The van der Waals surface area contributed by atoms with Crippen LogP contribution in [0.3, 0.4) is 0 Å². The van der Waals surface area contributed by atoms with Gasteiger partial charge in [0, 0.05) is 26.7 Å². The van der Waals surface area contributed by atoms with Gasteiger partial charge in [-0.05, 0) is 30.2 Å². The number of aliphatic imine (C=N–C) groups is 1. The fourth-order valence-electron chi connectivity index (χ4n) is 3.45. The zero-order valence-corrected chi connectivity index (χ0v) is 16.6. The average Bonchev–Trinajstić information content (AvgIpc) is 2.75. The third-order valence-electron chi connectivity index (χ3n) is 5.08. The molecule has 2 aromatic carbocycles. The van der Waals surface area contributed by atoms with Gasteiger partial charge in [-0.25, -0.2) is 4.39 Å². The quantitative estimate of drug-likeness (QED) is 0.594. The van der Waals surface area contributed by atoms with Crippen LogP contribution in [0, 0.1) is 5.82 Å². The van der Waals surface area contributed by atoms with Crippen LogP contribution < -0.4 is 10.6 Å². The molecular weight excluding hydrogens is 355 g/mol. The van der Waals surface area contributed by atoms with E-state index in [1.54, 1.807) is 7.05 Å². The second-order valence-corrected chi connectivity index (χ2v) is 6.95. The topological polar surface area (TPSA) is 48.9 Å². The fraction of sp³-hybridized carbons (Fsp3) is 0.409. The largest absolute Gasteiger partial charge is 0.379 e. The van der Waals surface area contributed by atoms with Crippen molar-refractivity contribution in [3.63, 3.8) is 0 Å². The van der Waals surface area contributed by atoms with Crippen molar-refractivity contribution in [2.24, 2.45) is 4.99 Å². The predicted molar refractivity (Wildman–Crippen MR) is 111 cm³/mol. The lowest BCUT2D eigenvalue weighted by molar-refractivity contribution is 0.0170. The Bertz CT molecular complexity index is 745. The SMILES string of the molecule is CN=C(NCC(c1ccc(F)cc1)N1CCOCC1)NC(C)c1ccccc1. The first-order valence-electron chi connectivity index (χ1n) is 9.77. The first-order valence-corrected chi connectivity index (χ1v) is 9.77. The maximum atomic E-state index is 13.4. The smallest absolute Gasteiger partial charge is 0.191 e. The minimum Gasteiger partial charge on any atom is -0.379 e. The van der Waals surface area contributed by atoms with Crippen LogP contribution in [0.5, 0.6) is 0 Å². The van der Waals surface area contributed by atoms with Crippen molar-refractivity contribution in [3.05, 3.63) is 71.5 Å². The molecule has 0 spiro atoms. The van der Waals surface area contributed by atoms with Crippen LogP contribution in [0.4, 0.5) is 4.39 Å². The minimum absolute atomic E-state index is 0.120. The molecular formula is C22H29FN4O. The highest BCUT2D eigenvalue weighted by Gasteiger charge is 2.23. The monoisotopic (exact) mass is 384 g/mol. The number of rotatable bonds is 6. The molecule has 0 aliphatic carbocycles. The summed E-state index contributed by atoms with van der Waals surface area (Å²) in [6.45, 7) is 5.94. The lowest BCUT2D eigenvalue weighted by Crippen LogP contribution is -2.46. The Kier molecular flexibility index (Phi) is 7.39. The highest BCUT2D eigenvalue weighted by Crippen LogP contribution is 2.22. The number of benzene rings is 2. The Hall–Kier alpha value is -2.44. The first-order chi connectivity index (χ1) is 13.7. The number of hydrogen-bond donors (Lipinski definition) is 2. The van der Waals surface area contributed by atoms with Crippen LogP contribution in [0.25, 0.3) is 0 Å². The summed E-state index contributed by atoms with van der Waals surface area (Å²) in [5, 5.41) is 6.88. The van der Waals surface area contributed by atoms with Gasteiger partial charge in [-0.1, -0.05) is 42.5 Å². The number of morpholine rings is 1. The molecule has 3 rings (SSSR count). The lowest BCUT2D eigenvalue weighted by atomic mass is 10.0. The van der Waals surface area contributed by atoms with E-state index in [1.807, 2.05) is 30.3 Å². The molecule has 150 valence electrons. The number of guanidine groups is 1.